The van der Waals surface area contributed by atoms with E-state index in [1.54, 1.807) is 12.3 Å². The Hall–Kier alpha value is -2.98. The number of halogens is 1. The topological polar surface area (TPSA) is 27.6 Å². The highest BCUT2D eigenvalue weighted by Gasteiger charge is 2.20. The normalized spacial score (nSPS) is 15.1. The van der Waals surface area contributed by atoms with Crippen LogP contribution in [0.1, 0.15) is 42.4 Å². The summed E-state index contributed by atoms with van der Waals surface area (Å²) in [6.07, 6.45) is 11.4. The van der Waals surface area contributed by atoms with Gasteiger partial charge in [0.15, 0.2) is 0 Å². The molecule has 2 aromatic carbocycles. The van der Waals surface area contributed by atoms with Crippen molar-refractivity contribution in [3.8, 4) is 0 Å². The average Bonchev–Trinajstić information content (AvgIpc) is 2.86. The Bertz CT molecular complexity index is 982. The molecular formula is C30H38FN3. The lowest BCUT2D eigenvalue weighted by Gasteiger charge is -2.35. The maximum absolute atomic E-state index is 13.8. The van der Waals surface area contributed by atoms with Gasteiger partial charge in [0.05, 0.1) is 0 Å². The van der Waals surface area contributed by atoms with Crippen LogP contribution in [0.25, 0.3) is 0 Å². The molecule has 0 aliphatic carbocycles. The van der Waals surface area contributed by atoms with Crippen LogP contribution in [-0.2, 0) is 13.0 Å². The molecule has 0 radical (unpaired) electrons. The van der Waals surface area contributed by atoms with Gasteiger partial charge in [-0.15, -0.1) is 0 Å². The van der Waals surface area contributed by atoms with E-state index in [0.717, 1.165) is 32.4 Å². The van der Waals surface area contributed by atoms with E-state index in [1.165, 1.54) is 41.3 Å². The molecule has 4 heteroatoms. The summed E-state index contributed by atoms with van der Waals surface area (Å²) in [5.41, 5.74) is 5.88. The van der Waals surface area contributed by atoms with Gasteiger partial charge in [0.1, 0.15) is 5.82 Å². The number of piperidine rings is 1. The van der Waals surface area contributed by atoms with E-state index in [1.807, 2.05) is 18.2 Å². The molecule has 0 saturated carbocycles. The number of benzene rings is 2. The monoisotopic (exact) mass is 459 g/mol. The van der Waals surface area contributed by atoms with Crippen LogP contribution in [0.4, 0.5) is 4.39 Å². The number of likely N-dealkylation sites (tertiary alicyclic amines) is 1. The van der Waals surface area contributed by atoms with Gasteiger partial charge < -0.3 is 10.2 Å². The van der Waals surface area contributed by atoms with Gasteiger partial charge in [0.2, 0.25) is 0 Å². The summed E-state index contributed by atoms with van der Waals surface area (Å²) in [6.45, 7) is 13.4. The van der Waals surface area contributed by atoms with Crippen molar-refractivity contribution in [2.45, 2.75) is 45.6 Å². The summed E-state index contributed by atoms with van der Waals surface area (Å²) in [5.74, 6) is 0.482. The van der Waals surface area contributed by atoms with Gasteiger partial charge in [0.25, 0.3) is 0 Å². The minimum absolute atomic E-state index is 0.165. The molecule has 1 N–H and O–H groups in total. The molecule has 0 aromatic heterocycles. The predicted molar refractivity (Wildman–Crippen MR) is 142 cm³/mol. The van der Waals surface area contributed by atoms with Crippen molar-refractivity contribution in [1.29, 1.82) is 0 Å². The van der Waals surface area contributed by atoms with Crippen LogP contribution in [-0.4, -0.2) is 31.3 Å². The first-order chi connectivity index (χ1) is 16.5. The van der Waals surface area contributed by atoms with Crippen molar-refractivity contribution in [2.24, 2.45) is 10.9 Å². The van der Waals surface area contributed by atoms with E-state index in [0.29, 0.717) is 24.6 Å². The second-order valence-corrected chi connectivity index (χ2v) is 9.19. The number of hydrogen-bond acceptors (Lipinski definition) is 3. The number of nitrogens with one attached hydrogen (secondary N) is 1. The van der Waals surface area contributed by atoms with E-state index in [-0.39, 0.29) is 5.82 Å². The molecule has 0 atom stereocenters. The molecule has 2 aromatic rings. The minimum atomic E-state index is -0.165. The molecule has 0 amide bonds. The second kappa shape index (κ2) is 13.7. The first kappa shape index (κ1) is 25.6. The van der Waals surface area contributed by atoms with Gasteiger partial charge in [-0.2, -0.15) is 0 Å². The molecule has 34 heavy (non-hydrogen) atoms. The van der Waals surface area contributed by atoms with Gasteiger partial charge >= 0.3 is 0 Å². The van der Waals surface area contributed by atoms with Crippen molar-refractivity contribution in [3.63, 3.8) is 0 Å². The van der Waals surface area contributed by atoms with Crippen LogP contribution in [0.15, 0.2) is 89.7 Å². The molecule has 1 aliphatic heterocycles. The number of allylic oxidation sites excluding steroid dienone is 3. The summed E-state index contributed by atoms with van der Waals surface area (Å²) < 4.78 is 13.8. The van der Waals surface area contributed by atoms with E-state index in [9.17, 15) is 4.39 Å². The summed E-state index contributed by atoms with van der Waals surface area (Å²) in [5, 5.41) is 3.32. The average molecular weight is 460 g/mol. The van der Waals surface area contributed by atoms with Gasteiger partial charge in [0, 0.05) is 43.6 Å². The molecule has 3 nitrogen and oxygen atoms in total. The van der Waals surface area contributed by atoms with Crippen molar-refractivity contribution in [2.75, 3.05) is 19.6 Å². The van der Waals surface area contributed by atoms with Crippen molar-refractivity contribution in [3.05, 3.63) is 107 Å². The van der Waals surface area contributed by atoms with Crippen LogP contribution < -0.4 is 5.32 Å². The van der Waals surface area contributed by atoms with Crippen LogP contribution in [0.5, 0.6) is 0 Å². The van der Waals surface area contributed by atoms with Gasteiger partial charge in [-0.1, -0.05) is 60.7 Å². The highest BCUT2D eigenvalue weighted by atomic mass is 19.1. The summed E-state index contributed by atoms with van der Waals surface area (Å²) in [4.78, 5) is 6.34. The number of hydrogen-bond donors (Lipinski definition) is 1. The third-order valence-corrected chi connectivity index (χ3v) is 6.58. The second-order valence-electron chi connectivity index (χ2n) is 9.19. The van der Waals surface area contributed by atoms with Crippen LogP contribution in [0, 0.1) is 18.7 Å². The third kappa shape index (κ3) is 8.42. The highest BCUT2D eigenvalue weighted by Crippen LogP contribution is 2.27. The van der Waals surface area contributed by atoms with Crippen LogP contribution >= 0.6 is 0 Å². The molecular weight excluding hydrogens is 421 g/mol. The third-order valence-electron chi connectivity index (χ3n) is 6.58. The highest BCUT2D eigenvalue weighted by molar-refractivity contribution is 5.28. The zero-order valence-corrected chi connectivity index (χ0v) is 20.5. The number of aryl methyl sites for hydroxylation is 2. The standard InChI is InChI=1S/C30H38FN3/c1-24-8-11-26(12-9-24)13-10-25(2)34-20-16-28(17-21-34)22-27(14-18-32-3)15-19-33-23-29-6-4-5-7-30(29)31/h4-9,11-12,14-15,18,28,33H,2-3,10,13,16-17,19-23H2,1H3/b18-14-,27-15+. The lowest BCUT2D eigenvalue weighted by molar-refractivity contribution is 0.221. The first-order valence-electron chi connectivity index (χ1n) is 12.3. The number of rotatable bonds is 12. The first-order valence-corrected chi connectivity index (χ1v) is 12.3. The largest absolute Gasteiger partial charge is 0.375 e. The van der Waals surface area contributed by atoms with E-state index >= 15 is 0 Å². The Kier molecular flexibility index (Phi) is 10.3. The molecule has 3 rings (SSSR count). The van der Waals surface area contributed by atoms with Crippen LogP contribution in [0.2, 0.25) is 0 Å². The molecule has 1 heterocycles. The SMILES string of the molecule is C=N/C=C\C(=C/CNCc1ccccc1F)CC1CCN(C(=C)CCc2ccc(C)cc2)CC1. The minimum Gasteiger partial charge on any atom is -0.375 e. The lowest BCUT2D eigenvalue weighted by Crippen LogP contribution is -2.33. The smallest absolute Gasteiger partial charge is 0.127 e. The maximum Gasteiger partial charge on any atom is 0.127 e. The fourth-order valence-electron chi connectivity index (χ4n) is 4.41. The zero-order valence-electron chi connectivity index (χ0n) is 20.5. The Morgan fingerprint density at radius 3 is 2.59 bits per heavy atom. The summed E-state index contributed by atoms with van der Waals surface area (Å²) >= 11 is 0. The number of nitrogens with zero attached hydrogens (tertiary/aromatic N) is 2. The lowest BCUT2D eigenvalue weighted by atomic mass is 9.89. The van der Waals surface area contributed by atoms with E-state index in [4.69, 9.17) is 0 Å². The van der Waals surface area contributed by atoms with Crippen molar-refractivity contribution >= 4 is 6.72 Å². The van der Waals surface area contributed by atoms with E-state index < -0.39 is 0 Å². The van der Waals surface area contributed by atoms with Crippen molar-refractivity contribution < 1.29 is 4.39 Å². The Balaban J connectivity index is 1.43. The quantitative estimate of drug-likeness (QED) is 0.220. The van der Waals surface area contributed by atoms with Crippen LogP contribution in [0.3, 0.4) is 0 Å². The molecule has 0 spiro atoms. The molecule has 1 fully saturated rings. The molecule has 1 aliphatic rings. The molecule has 180 valence electrons. The number of aliphatic imine (C=N–C) groups is 1. The Morgan fingerprint density at radius 1 is 1.15 bits per heavy atom. The fraction of sp³-hybridized carbons (Fsp3) is 0.367. The van der Waals surface area contributed by atoms with E-state index in [2.05, 4.69) is 65.8 Å². The molecule has 0 bridgehead atoms. The summed E-state index contributed by atoms with van der Waals surface area (Å²) in [6, 6.07) is 15.7. The summed E-state index contributed by atoms with van der Waals surface area (Å²) in [7, 11) is 0. The Morgan fingerprint density at radius 2 is 1.88 bits per heavy atom. The predicted octanol–water partition coefficient (Wildman–Crippen LogP) is 6.61. The van der Waals surface area contributed by atoms with Gasteiger partial charge in [-0.05, 0) is 74.9 Å². The molecule has 1 saturated heterocycles. The van der Waals surface area contributed by atoms with Gasteiger partial charge in [-0.3, -0.25) is 4.99 Å². The van der Waals surface area contributed by atoms with Gasteiger partial charge in [-0.25, -0.2) is 4.39 Å². The fourth-order valence-corrected chi connectivity index (χ4v) is 4.41. The van der Waals surface area contributed by atoms with Crippen molar-refractivity contribution in [1.82, 2.24) is 10.2 Å². The Labute approximate surface area is 204 Å². The zero-order chi connectivity index (χ0) is 24.2. The maximum atomic E-state index is 13.8. The molecule has 0 unspecified atom stereocenters.